The lowest BCUT2D eigenvalue weighted by Crippen LogP contribution is -2.44. The van der Waals surface area contributed by atoms with E-state index in [4.69, 9.17) is 4.42 Å². The Morgan fingerprint density at radius 1 is 1.09 bits per heavy atom. The van der Waals surface area contributed by atoms with Gasteiger partial charge in [0.1, 0.15) is 23.9 Å². The first-order valence-corrected chi connectivity index (χ1v) is 16.4. The number of methoxy groups -OCH3 is 1. The molecule has 242 valence electrons. The number of carbonyl (C=O) groups is 4. The van der Waals surface area contributed by atoms with E-state index in [1.54, 1.807) is 13.0 Å². The Morgan fingerprint density at radius 3 is 2.38 bits per heavy atom. The maximum atomic E-state index is 13.6. The van der Waals surface area contributed by atoms with Gasteiger partial charge in [-0.25, -0.2) is 12.8 Å². The Kier molecular flexibility index (Phi) is 10.5. The number of sulfonamides is 1. The van der Waals surface area contributed by atoms with Crippen LogP contribution in [0.3, 0.4) is 0 Å². The van der Waals surface area contributed by atoms with E-state index < -0.39 is 40.1 Å². The Bertz CT molecular complexity index is 1650. The van der Waals surface area contributed by atoms with Crippen LogP contribution in [-0.2, 0) is 29.1 Å². The first-order valence-electron chi connectivity index (χ1n) is 14.5. The Balaban J connectivity index is 1.56. The third-order valence-corrected chi connectivity index (χ3v) is 8.68. The van der Waals surface area contributed by atoms with Crippen molar-refractivity contribution in [3.05, 3.63) is 53.3 Å². The van der Waals surface area contributed by atoms with E-state index in [0.717, 1.165) is 23.4 Å². The van der Waals surface area contributed by atoms with Gasteiger partial charge < -0.3 is 25.1 Å². The third-order valence-electron chi connectivity index (χ3n) is 7.55. The summed E-state index contributed by atoms with van der Waals surface area (Å²) in [5.41, 5.74) is 2.05. The number of benzene rings is 1. The van der Waals surface area contributed by atoms with Crippen LogP contribution in [0, 0.1) is 11.7 Å². The van der Waals surface area contributed by atoms with Crippen molar-refractivity contribution in [2.45, 2.75) is 38.5 Å². The van der Waals surface area contributed by atoms with Gasteiger partial charge in [-0.05, 0) is 67.5 Å². The zero-order chi connectivity index (χ0) is 32.9. The summed E-state index contributed by atoms with van der Waals surface area (Å²) in [6.07, 6.45) is 3.59. The van der Waals surface area contributed by atoms with E-state index in [0.29, 0.717) is 35.3 Å². The number of rotatable bonds is 14. The van der Waals surface area contributed by atoms with Crippen molar-refractivity contribution in [3.63, 3.8) is 0 Å². The fourth-order valence-corrected chi connectivity index (χ4v) is 5.91. The minimum absolute atomic E-state index is 0.0121. The molecule has 0 aromatic heterocycles. The molecule has 3 N–H and O–H groups in total. The third kappa shape index (κ3) is 8.18. The van der Waals surface area contributed by atoms with Crippen LogP contribution in [0.15, 0.2) is 40.8 Å². The van der Waals surface area contributed by atoms with E-state index in [-0.39, 0.29) is 47.9 Å². The van der Waals surface area contributed by atoms with Gasteiger partial charge in [-0.2, -0.15) is 0 Å². The predicted octanol–water partition coefficient (Wildman–Crippen LogP) is 3.02. The fraction of sp³-hybridized carbons (Fsp3) is 0.419. The van der Waals surface area contributed by atoms with Crippen molar-refractivity contribution in [2.75, 3.05) is 44.4 Å². The summed E-state index contributed by atoms with van der Waals surface area (Å²) in [7, 11) is -1.21. The summed E-state index contributed by atoms with van der Waals surface area (Å²) in [5.74, 6) is -2.24. The van der Waals surface area contributed by atoms with Crippen LogP contribution in [-0.4, -0.2) is 72.2 Å². The SMILES string of the molecule is CNC(=O)c1cc2c(C3CC3)c(N(CC(=O)NCC(=O)NCCCC(C)C(=O)OC)S(C)(=O)=O)cc-2oc1-c1ccc(F)cc1. The first kappa shape index (κ1) is 33.4. The monoisotopic (exact) mass is 644 g/mol. The highest BCUT2D eigenvalue weighted by Gasteiger charge is 2.37. The molecule has 3 aliphatic rings. The van der Waals surface area contributed by atoms with Gasteiger partial charge in [0.15, 0.2) is 0 Å². The second-order valence-electron chi connectivity index (χ2n) is 11.0. The summed E-state index contributed by atoms with van der Waals surface area (Å²) < 4.78 is 51.5. The number of esters is 1. The smallest absolute Gasteiger partial charge is 0.308 e. The second-order valence-corrected chi connectivity index (χ2v) is 12.9. The number of fused-ring (bicyclic) bond motifs is 1. The maximum absolute atomic E-state index is 13.6. The summed E-state index contributed by atoms with van der Waals surface area (Å²) >= 11 is 0. The number of hydrogen-bond acceptors (Lipinski definition) is 8. The second kappa shape index (κ2) is 14.1. The van der Waals surface area contributed by atoms with Gasteiger partial charge in [0.2, 0.25) is 21.8 Å². The van der Waals surface area contributed by atoms with E-state index in [9.17, 15) is 32.0 Å². The van der Waals surface area contributed by atoms with Crippen molar-refractivity contribution in [1.82, 2.24) is 16.0 Å². The molecule has 2 aliphatic carbocycles. The fourth-order valence-electron chi connectivity index (χ4n) is 5.05. The maximum Gasteiger partial charge on any atom is 0.308 e. The van der Waals surface area contributed by atoms with Gasteiger partial charge in [-0.1, -0.05) is 6.92 Å². The van der Waals surface area contributed by atoms with Gasteiger partial charge in [0, 0.05) is 30.8 Å². The average molecular weight is 645 g/mol. The van der Waals surface area contributed by atoms with E-state index in [1.807, 2.05) is 0 Å². The van der Waals surface area contributed by atoms with Crippen LogP contribution in [0.25, 0.3) is 22.6 Å². The molecule has 4 rings (SSSR count). The van der Waals surface area contributed by atoms with Crippen LogP contribution in [0.4, 0.5) is 10.1 Å². The van der Waals surface area contributed by atoms with Gasteiger partial charge in [0.25, 0.3) is 5.91 Å². The quantitative estimate of drug-likeness (QED) is 0.178. The molecule has 1 fully saturated rings. The molecule has 1 unspecified atom stereocenters. The number of halogens is 1. The topological polar surface area (TPSA) is 164 Å². The number of carbonyl (C=O) groups excluding carboxylic acids is 4. The Labute approximate surface area is 261 Å². The molecule has 45 heavy (non-hydrogen) atoms. The molecular formula is C31H37FN4O8S. The lowest BCUT2D eigenvalue weighted by atomic mass is 10.0. The highest BCUT2D eigenvalue weighted by Crippen LogP contribution is 2.53. The number of hydrogen-bond donors (Lipinski definition) is 3. The first-order chi connectivity index (χ1) is 21.3. The molecule has 0 saturated heterocycles. The van der Waals surface area contributed by atoms with Crippen molar-refractivity contribution in [3.8, 4) is 22.6 Å². The lowest BCUT2D eigenvalue weighted by molar-refractivity contribution is -0.145. The summed E-state index contributed by atoms with van der Waals surface area (Å²) in [4.78, 5) is 49.6. The molecule has 1 aromatic rings. The minimum atomic E-state index is -3.99. The normalized spacial score (nSPS) is 13.6. The van der Waals surface area contributed by atoms with Gasteiger partial charge in [-0.3, -0.25) is 23.5 Å². The van der Waals surface area contributed by atoms with E-state index in [1.165, 1.54) is 44.5 Å². The minimum Gasteiger partial charge on any atom is -0.469 e. The molecular weight excluding hydrogens is 607 g/mol. The highest BCUT2D eigenvalue weighted by atomic mass is 32.2. The van der Waals surface area contributed by atoms with Crippen LogP contribution < -0.4 is 20.3 Å². The molecule has 1 heterocycles. The number of nitrogens with zero attached hydrogens (tertiary/aromatic N) is 1. The standard InChI is InChI=1S/C31H37FN4O8S/c1-18(31(40)43-3)6-5-13-34-26(37)16-35-27(38)17-36(45(4,41)42)24-15-25-22(28(24)19-7-8-19)14-23(30(39)33-2)29(44-25)20-9-11-21(32)12-10-20/h9-12,14-15,18-19H,5-8,13,16-17H2,1-4H3,(H,33,39)(H,34,37)(H,35,38). The van der Waals surface area contributed by atoms with Gasteiger partial charge in [-0.15, -0.1) is 0 Å². The molecule has 1 aliphatic heterocycles. The molecule has 14 heteroatoms. The molecule has 1 saturated carbocycles. The largest absolute Gasteiger partial charge is 0.469 e. The van der Waals surface area contributed by atoms with E-state index >= 15 is 0 Å². The average Bonchev–Trinajstić information content (AvgIpc) is 3.78. The summed E-state index contributed by atoms with van der Waals surface area (Å²) in [6.45, 7) is 1.06. The zero-order valence-corrected chi connectivity index (χ0v) is 26.4. The number of nitrogens with one attached hydrogen (secondary N) is 3. The molecule has 1 atom stereocenters. The molecule has 0 radical (unpaired) electrons. The van der Waals surface area contributed by atoms with Crippen molar-refractivity contribution >= 4 is 39.4 Å². The predicted molar refractivity (Wildman–Crippen MR) is 165 cm³/mol. The van der Waals surface area contributed by atoms with Crippen LogP contribution in [0.1, 0.15) is 54.4 Å². The summed E-state index contributed by atoms with van der Waals surface area (Å²) in [5, 5.41) is 7.69. The van der Waals surface area contributed by atoms with E-state index in [2.05, 4.69) is 20.7 Å². The van der Waals surface area contributed by atoms with Crippen LogP contribution >= 0.6 is 0 Å². The van der Waals surface area contributed by atoms with Gasteiger partial charge in [0.05, 0.1) is 37.1 Å². The molecule has 0 spiro atoms. The van der Waals surface area contributed by atoms with Crippen molar-refractivity contribution in [2.24, 2.45) is 5.92 Å². The lowest BCUT2D eigenvalue weighted by Gasteiger charge is -2.22. The van der Waals surface area contributed by atoms with Crippen molar-refractivity contribution < 1.29 is 41.1 Å². The Hall–Kier alpha value is -4.46. The summed E-state index contributed by atoms with van der Waals surface area (Å²) in [6, 6.07) is 8.59. The molecule has 3 amide bonds. The number of anilines is 1. The van der Waals surface area contributed by atoms with Crippen molar-refractivity contribution in [1.29, 1.82) is 0 Å². The van der Waals surface area contributed by atoms with Crippen LogP contribution in [0.5, 0.6) is 0 Å². The molecule has 12 nitrogen and oxygen atoms in total. The number of ether oxygens (including phenoxy) is 1. The zero-order valence-electron chi connectivity index (χ0n) is 25.6. The number of amides is 3. The Morgan fingerprint density at radius 2 is 1.78 bits per heavy atom. The van der Waals surface area contributed by atoms with Gasteiger partial charge >= 0.3 is 5.97 Å². The molecule has 1 aromatic carbocycles. The highest BCUT2D eigenvalue weighted by molar-refractivity contribution is 7.92. The van der Waals surface area contributed by atoms with Crippen LogP contribution in [0.2, 0.25) is 0 Å². The molecule has 0 bridgehead atoms.